The Morgan fingerprint density at radius 2 is 1.68 bits per heavy atom. The maximum Gasteiger partial charge on any atom is 0.337 e. The number of hydrogen-bond acceptors (Lipinski definition) is 6. The number of nitrogens with zero attached hydrogens (tertiary/aromatic N) is 2. The summed E-state index contributed by atoms with van der Waals surface area (Å²) < 4.78 is 23.4. The van der Waals surface area contributed by atoms with Crippen LogP contribution < -0.4 is 15.0 Å². The van der Waals surface area contributed by atoms with E-state index >= 15 is 0 Å². The van der Waals surface area contributed by atoms with Crippen molar-refractivity contribution in [3.63, 3.8) is 0 Å². The molecule has 4 amide bonds. The predicted molar refractivity (Wildman–Crippen MR) is 133 cm³/mol. The number of imide groups is 1. The standard InChI is InChI=1S/C27H24FN3O6/c1-36-22-5-3-4-17(14-22)16-30-23(25(33)31(27(30)35)21-12-8-19(28)9-13-21)15-24(32)29-20-10-6-18(7-11-20)26(34)37-2/h3-14,23H,15-16H2,1-2H3,(H,29,32)/t23-/m0/s1. The van der Waals surface area contributed by atoms with Gasteiger partial charge in [-0.2, -0.15) is 0 Å². The third-order valence-electron chi connectivity index (χ3n) is 5.86. The highest BCUT2D eigenvalue weighted by atomic mass is 19.1. The van der Waals surface area contributed by atoms with Crippen LogP contribution in [0.25, 0.3) is 0 Å². The molecule has 9 nitrogen and oxygen atoms in total. The van der Waals surface area contributed by atoms with Gasteiger partial charge >= 0.3 is 12.0 Å². The maximum atomic E-state index is 13.5. The number of hydrogen-bond donors (Lipinski definition) is 1. The van der Waals surface area contributed by atoms with Gasteiger partial charge in [0.05, 0.1) is 31.9 Å². The molecule has 190 valence electrons. The fourth-order valence-electron chi connectivity index (χ4n) is 4.00. The molecule has 37 heavy (non-hydrogen) atoms. The second-order valence-electron chi connectivity index (χ2n) is 8.25. The number of urea groups is 1. The summed E-state index contributed by atoms with van der Waals surface area (Å²) in [7, 11) is 2.79. The summed E-state index contributed by atoms with van der Waals surface area (Å²) in [5, 5.41) is 2.68. The molecule has 3 aromatic rings. The first kappa shape index (κ1) is 25.4. The van der Waals surface area contributed by atoms with Gasteiger partial charge in [-0.1, -0.05) is 12.1 Å². The van der Waals surface area contributed by atoms with Gasteiger partial charge in [0, 0.05) is 12.2 Å². The minimum absolute atomic E-state index is 0.0469. The lowest BCUT2D eigenvalue weighted by atomic mass is 10.1. The Morgan fingerprint density at radius 1 is 0.973 bits per heavy atom. The molecule has 0 bridgehead atoms. The minimum atomic E-state index is -1.10. The van der Waals surface area contributed by atoms with Crippen LogP contribution in [0.4, 0.5) is 20.6 Å². The van der Waals surface area contributed by atoms with Gasteiger partial charge in [-0.15, -0.1) is 0 Å². The van der Waals surface area contributed by atoms with Gasteiger partial charge in [-0.3, -0.25) is 9.59 Å². The zero-order valence-electron chi connectivity index (χ0n) is 20.1. The Morgan fingerprint density at radius 3 is 2.32 bits per heavy atom. The summed E-state index contributed by atoms with van der Waals surface area (Å²) >= 11 is 0. The zero-order valence-corrected chi connectivity index (χ0v) is 20.1. The van der Waals surface area contributed by atoms with Crippen molar-refractivity contribution in [2.24, 2.45) is 0 Å². The van der Waals surface area contributed by atoms with Gasteiger partial charge < -0.3 is 19.7 Å². The Bertz CT molecular complexity index is 1330. The molecule has 0 spiro atoms. The van der Waals surface area contributed by atoms with Crippen LogP contribution in [0.1, 0.15) is 22.3 Å². The van der Waals surface area contributed by atoms with Crippen LogP contribution in [0.2, 0.25) is 0 Å². The van der Waals surface area contributed by atoms with Crippen LogP contribution in [-0.4, -0.2) is 49.0 Å². The first-order valence-corrected chi connectivity index (χ1v) is 11.3. The van der Waals surface area contributed by atoms with E-state index in [9.17, 15) is 23.6 Å². The highest BCUT2D eigenvalue weighted by molar-refractivity contribution is 6.22. The summed E-state index contributed by atoms with van der Waals surface area (Å²) in [4.78, 5) is 53.5. The van der Waals surface area contributed by atoms with Crippen LogP contribution >= 0.6 is 0 Å². The first-order valence-electron chi connectivity index (χ1n) is 11.3. The molecule has 0 radical (unpaired) electrons. The van der Waals surface area contributed by atoms with Crippen molar-refractivity contribution in [1.82, 2.24) is 4.90 Å². The molecule has 1 heterocycles. The molecule has 3 aromatic carbocycles. The molecule has 0 aromatic heterocycles. The molecule has 0 aliphatic carbocycles. The molecule has 1 atom stereocenters. The van der Waals surface area contributed by atoms with Gasteiger partial charge in [-0.25, -0.2) is 18.9 Å². The smallest absolute Gasteiger partial charge is 0.337 e. The first-order chi connectivity index (χ1) is 17.8. The van der Waals surface area contributed by atoms with E-state index in [1.165, 1.54) is 55.5 Å². The number of nitrogens with one attached hydrogen (secondary N) is 1. The molecule has 0 saturated carbocycles. The number of anilines is 2. The highest BCUT2D eigenvalue weighted by Gasteiger charge is 2.46. The van der Waals surface area contributed by atoms with Gasteiger partial charge in [0.2, 0.25) is 5.91 Å². The summed E-state index contributed by atoms with van der Waals surface area (Å²) in [5.74, 6) is -1.55. The SMILES string of the molecule is COC(=O)c1ccc(NC(=O)C[C@H]2C(=O)N(c3ccc(F)cc3)C(=O)N2Cc2cccc(OC)c2)cc1. The number of carbonyl (C=O) groups is 4. The summed E-state index contributed by atoms with van der Waals surface area (Å²) in [6.07, 6.45) is -0.314. The highest BCUT2D eigenvalue weighted by Crippen LogP contribution is 2.29. The quantitative estimate of drug-likeness (QED) is 0.367. The van der Waals surface area contributed by atoms with Crippen molar-refractivity contribution < 1.29 is 33.0 Å². The van der Waals surface area contributed by atoms with Crippen molar-refractivity contribution >= 4 is 35.2 Å². The van der Waals surface area contributed by atoms with Crippen LogP contribution in [0.5, 0.6) is 5.75 Å². The Hall–Kier alpha value is -4.73. The van der Waals surface area contributed by atoms with Crippen LogP contribution in [-0.2, 0) is 20.9 Å². The summed E-state index contributed by atoms with van der Waals surface area (Å²) in [6, 6.07) is 16.3. The lowest BCUT2D eigenvalue weighted by Gasteiger charge is -2.22. The largest absolute Gasteiger partial charge is 0.497 e. The van der Waals surface area contributed by atoms with E-state index in [-0.39, 0.29) is 18.7 Å². The van der Waals surface area contributed by atoms with Gasteiger partial charge in [0.25, 0.3) is 5.91 Å². The monoisotopic (exact) mass is 505 g/mol. The van der Waals surface area contributed by atoms with E-state index in [0.717, 1.165) is 17.0 Å². The maximum absolute atomic E-state index is 13.5. The molecule has 1 N–H and O–H groups in total. The van der Waals surface area contributed by atoms with Crippen LogP contribution in [0.15, 0.2) is 72.8 Å². The van der Waals surface area contributed by atoms with Gasteiger partial charge in [-0.05, 0) is 66.2 Å². The lowest BCUT2D eigenvalue weighted by Crippen LogP contribution is -2.37. The normalized spacial score (nSPS) is 15.1. The van der Waals surface area contributed by atoms with Gasteiger partial charge in [0.15, 0.2) is 0 Å². The molecule has 1 aliphatic rings. The predicted octanol–water partition coefficient (Wildman–Crippen LogP) is 3.99. The van der Waals surface area contributed by atoms with E-state index in [1.807, 2.05) is 0 Å². The van der Waals surface area contributed by atoms with E-state index in [4.69, 9.17) is 4.74 Å². The number of carbonyl (C=O) groups excluding carboxylic acids is 4. The molecule has 4 rings (SSSR count). The molecule has 1 aliphatic heterocycles. The van der Waals surface area contributed by atoms with E-state index in [0.29, 0.717) is 22.6 Å². The summed E-state index contributed by atoms with van der Waals surface area (Å²) in [5.41, 5.74) is 1.62. The number of methoxy groups -OCH3 is 2. The number of ether oxygens (including phenoxy) is 2. The van der Waals surface area contributed by atoms with E-state index in [2.05, 4.69) is 10.1 Å². The number of benzene rings is 3. The molecule has 0 unspecified atom stereocenters. The number of rotatable bonds is 8. The van der Waals surface area contributed by atoms with Gasteiger partial charge in [0.1, 0.15) is 17.6 Å². The van der Waals surface area contributed by atoms with Crippen molar-refractivity contribution in [3.8, 4) is 5.75 Å². The van der Waals surface area contributed by atoms with Crippen molar-refractivity contribution in [2.45, 2.75) is 19.0 Å². The fraction of sp³-hybridized carbons (Fsp3) is 0.185. The fourth-order valence-corrected chi connectivity index (χ4v) is 4.00. The number of halogens is 1. The Labute approximate surface area is 212 Å². The average Bonchev–Trinajstić information content (AvgIpc) is 3.13. The second-order valence-corrected chi connectivity index (χ2v) is 8.25. The molecular formula is C27H24FN3O6. The Balaban J connectivity index is 1.57. The minimum Gasteiger partial charge on any atom is -0.497 e. The van der Waals surface area contributed by atoms with Crippen molar-refractivity contribution in [1.29, 1.82) is 0 Å². The number of esters is 1. The average molecular weight is 506 g/mol. The molecule has 10 heteroatoms. The topological polar surface area (TPSA) is 105 Å². The molecule has 1 fully saturated rings. The second kappa shape index (κ2) is 10.9. The number of amides is 4. The third-order valence-corrected chi connectivity index (χ3v) is 5.86. The zero-order chi connectivity index (χ0) is 26.5. The summed E-state index contributed by atoms with van der Waals surface area (Å²) in [6.45, 7) is 0.0469. The van der Waals surface area contributed by atoms with E-state index in [1.54, 1.807) is 24.3 Å². The van der Waals surface area contributed by atoms with Crippen molar-refractivity contribution in [2.75, 3.05) is 24.4 Å². The van der Waals surface area contributed by atoms with Crippen LogP contribution in [0, 0.1) is 5.82 Å². The van der Waals surface area contributed by atoms with Crippen molar-refractivity contribution in [3.05, 3.63) is 89.7 Å². The molecule has 1 saturated heterocycles. The lowest BCUT2D eigenvalue weighted by molar-refractivity contribution is -0.124. The van der Waals surface area contributed by atoms with E-state index < -0.39 is 35.7 Å². The third kappa shape index (κ3) is 5.58. The molecular weight excluding hydrogens is 481 g/mol. The van der Waals surface area contributed by atoms with Crippen LogP contribution in [0.3, 0.4) is 0 Å². The Kier molecular flexibility index (Phi) is 7.47.